The van der Waals surface area contributed by atoms with Crippen molar-refractivity contribution in [2.75, 3.05) is 19.6 Å². The van der Waals surface area contributed by atoms with Crippen LogP contribution in [0.1, 0.15) is 23.5 Å². The normalized spacial score (nSPS) is 22.3. The second kappa shape index (κ2) is 10.3. The number of amides is 2. The molecule has 1 fully saturated rings. The molecule has 1 aliphatic heterocycles. The third kappa shape index (κ3) is 4.22. The number of nitrogens with one attached hydrogen (secondary N) is 1. The van der Waals surface area contributed by atoms with E-state index in [9.17, 15) is 14.7 Å². The first-order valence-corrected chi connectivity index (χ1v) is 13.0. The molecule has 3 aromatic carbocycles. The van der Waals surface area contributed by atoms with Crippen LogP contribution in [0.5, 0.6) is 17.2 Å². The Kier molecular flexibility index (Phi) is 7.05. The van der Waals surface area contributed by atoms with Crippen molar-refractivity contribution in [1.29, 1.82) is 0 Å². The molecular weight excluding hydrogens is 539 g/mol. The topological polar surface area (TPSA) is 88.1 Å². The lowest BCUT2D eigenvalue weighted by molar-refractivity contribution is -0.138. The van der Waals surface area contributed by atoms with E-state index in [0.717, 1.165) is 10.6 Å². The predicted molar refractivity (Wildman–Crippen MR) is 150 cm³/mol. The van der Waals surface area contributed by atoms with Gasteiger partial charge in [0.25, 0.3) is 11.8 Å². The highest BCUT2D eigenvalue weighted by Crippen LogP contribution is 2.59. The number of phenolic OH excluding ortho intramolecular Hbond substituents is 1. The first-order valence-electron chi connectivity index (χ1n) is 12.2. The number of imide groups is 1. The smallest absolute Gasteiger partial charge is 0.260 e. The molecule has 7 nitrogen and oxygen atoms in total. The molecule has 3 atom stereocenters. The van der Waals surface area contributed by atoms with Gasteiger partial charge >= 0.3 is 0 Å². The molecule has 0 spiro atoms. The molecule has 1 aliphatic carbocycles. The van der Waals surface area contributed by atoms with Crippen LogP contribution in [0.4, 0.5) is 5.69 Å². The van der Waals surface area contributed by atoms with Crippen LogP contribution in [0.25, 0.3) is 0 Å². The van der Waals surface area contributed by atoms with Gasteiger partial charge in [-0.2, -0.15) is 5.01 Å². The summed E-state index contributed by atoms with van der Waals surface area (Å²) < 4.78 is 10.6. The maximum atomic E-state index is 14.7. The van der Waals surface area contributed by atoms with Crippen LogP contribution >= 0.6 is 23.2 Å². The van der Waals surface area contributed by atoms with Gasteiger partial charge in [-0.1, -0.05) is 60.1 Å². The highest BCUT2D eigenvalue weighted by Gasteiger charge is 2.66. The van der Waals surface area contributed by atoms with Gasteiger partial charge in [0, 0.05) is 22.6 Å². The van der Waals surface area contributed by atoms with Crippen LogP contribution in [-0.2, 0) is 15.0 Å². The third-order valence-electron chi connectivity index (χ3n) is 7.52. The Balaban J connectivity index is 1.74. The molecule has 9 heteroatoms. The molecule has 0 radical (unpaired) electrons. The Morgan fingerprint density at radius 2 is 1.72 bits per heavy atom. The van der Waals surface area contributed by atoms with Crippen LogP contribution < -0.4 is 14.9 Å². The summed E-state index contributed by atoms with van der Waals surface area (Å²) in [6.07, 6.45) is 3.86. The van der Waals surface area contributed by atoms with E-state index < -0.39 is 29.1 Å². The monoisotopic (exact) mass is 564 g/mol. The number of ether oxygens (including phenoxy) is 2. The summed E-state index contributed by atoms with van der Waals surface area (Å²) in [5, 5.41) is 12.9. The summed E-state index contributed by atoms with van der Waals surface area (Å²) >= 11 is 12.4. The number of carbonyl (C=O) groups excluding carboxylic acids is 2. The molecule has 39 heavy (non-hydrogen) atoms. The molecule has 200 valence electrons. The number of hydrogen-bond donors (Lipinski definition) is 2. The van der Waals surface area contributed by atoms with Gasteiger partial charge < -0.3 is 14.6 Å². The minimum absolute atomic E-state index is 0.0620. The number of allylic oxidation sites excluding steroid dienone is 3. The molecule has 3 aromatic rings. The van der Waals surface area contributed by atoms with E-state index >= 15 is 0 Å². The second-order valence-electron chi connectivity index (χ2n) is 9.37. The number of anilines is 1. The van der Waals surface area contributed by atoms with Gasteiger partial charge in [0.1, 0.15) is 17.2 Å². The average molecular weight is 565 g/mol. The third-order valence-corrected chi connectivity index (χ3v) is 8.07. The largest absolute Gasteiger partial charge is 0.508 e. The van der Waals surface area contributed by atoms with Gasteiger partial charge in [0.2, 0.25) is 0 Å². The lowest BCUT2D eigenvalue weighted by Crippen LogP contribution is -2.48. The van der Waals surface area contributed by atoms with Gasteiger partial charge in [0.15, 0.2) is 0 Å². The number of carbonyl (C=O) groups is 2. The van der Waals surface area contributed by atoms with Crippen LogP contribution in [0.3, 0.4) is 0 Å². The van der Waals surface area contributed by atoms with Crippen LogP contribution in [0, 0.1) is 5.92 Å². The van der Waals surface area contributed by atoms with Crippen molar-refractivity contribution >= 4 is 40.7 Å². The Labute approximate surface area is 236 Å². The highest BCUT2D eigenvalue weighted by molar-refractivity contribution is 6.36. The first-order chi connectivity index (χ1) is 18.8. The minimum atomic E-state index is -1.42. The van der Waals surface area contributed by atoms with E-state index in [1.165, 1.54) is 19.2 Å². The molecule has 0 aromatic heterocycles. The number of fused-ring (bicyclic) bond motifs is 1. The molecule has 3 unspecified atom stereocenters. The van der Waals surface area contributed by atoms with E-state index in [0.29, 0.717) is 33.3 Å². The summed E-state index contributed by atoms with van der Waals surface area (Å²) in [6, 6.07) is 16.7. The van der Waals surface area contributed by atoms with Crippen molar-refractivity contribution in [2.45, 2.75) is 17.8 Å². The fourth-order valence-electron chi connectivity index (χ4n) is 5.72. The maximum absolute atomic E-state index is 14.7. The molecule has 0 saturated carbocycles. The number of benzene rings is 3. The number of phenols is 1. The highest BCUT2D eigenvalue weighted by atomic mass is 35.5. The number of halogens is 2. The Morgan fingerprint density at radius 1 is 1.03 bits per heavy atom. The van der Waals surface area contributed by atoms with Gasteiger partial charge in [-0.15, -0.1) is 0 Å². The molecule has 2 amide bonds. The van der Waals surface area contributed by atoms with E-state index in [-0.39, 0.29) is 17.2 Å². The fourth-order valence-corrected chi connectivity index (χ4v) is 6.17. The lowest BCUT2D eigenvalue weighted by atomic mass is 9.56. The zero-order valence-electron chi connectivity index (χ0n) is 21.3. The number of hydrogen-bond acceptors (Lipinski definition) is 6. The van der Waals surface area contributed by atoms with Crippen molar-refractivity contribution in [3.8, 4) is 17.2 Å². The molecule has 1 saturated heterocycles. The molecule has 2 aliphatic rings. The lowest BCUT2D eigenvalue weighted by Gasteiger charge is -2.43. The van der Waals surface area contributed by atoms with Gasteiger partial charge in [-0.3, -0.25) is 15.0 Å². The van der Waals surface area contributed by atoms with Crippen molar-refractivity contribution in [2.24, 2.45) is 5.92 Å². The van der Waals surface area contributed by atoms with E-state index in [4.69, 9.17) is 32.7 Å². The molecule has 2 N–H and O–H groups in total. The zero-order valence-corrected chi connectivity index (χ0v) is 22.8. The minimum Gasteiger partial charge on any atom is -0.508 e. The predicted octanol–water partition coefficient (Wildman–Crippen LogP) is 6.27. The Hall–Kier alpha value is -3.94. The zero-order chi connectivity index (χ0) is 27.9. The SMILES string of the molecule is C=CC1=CCC2C(=O)N(Nc3ccc(Cl)cc3Cl)C(=O)C2(c2ccc(OC)cc2)C1c1ccc(OC)cc1O. The van der Waals surface area contributed by atoms with Crippen molar-refractivity contribution in [1.82, 2.24) is 5.01 Å². The van der Waals surface area contributed by atoms with E-state index in [1.54, 1.807) is 61.7 Å². The summed E-state index contributed by atoms with van der Waals surface area (Å²) in [7, 11) is 3.06. The van der Waals surface area contributed by atoms with Gasteiger partial charge in [-0.25, -0.2) is 0 Å². The Morgan fingerprint density at radius 3 is 2.33 bits per heavy atom. The van der Waals surface area contributed by atoms with Crippen molar-refractivity contribution in [3.63, 3.8) is 0 Å². The Bertz CT molecular complexity index is 1500. The number of methoxy groups -OCH3 is 2. The van der Waals surface area contributed by atoms with Crippen LogP contribution in [-0.4, -0.2) is 36.1 Å². The van der Waals surface area contributed by atoms with Gasteiger partial charge in [0.05, 0.1) is 36.3 Å². The van der Waals surface area contributed by atoms with Crippen molar-refractivity contribution in [3.05, 3.63) is 106 Å². The number of rotatable bonds is 7. The van der Waals surface area contributed by atoms with Gasteiger partial charge in [-0.05, 0) is 54.0 Å². The molecular formula is C30H26Cl2N2O5. The summed E-state index contributed by atoms with van der Waals surface area (Å²) in [6.45, 7) is 3.99. The number of aromatic hydroxyl groups is 1. The summed E-state index contributed by atoms with van der Waals surface area (Å²) in [4.78, 5) is 28.7. The second-order valence-corrected chi connectivity index (χ2v) is 10.2. The standard InChI is InChI=1S/C30H26Cl2N2O5/c1-4-17-5-13-23-28(36)34(33-25-14-8-19(31)15-24(25)32)29(37)30(23,18-6-9-20(38-2)10-7-18)27(17)22-12-11-21(39-3)16-26(22)35/h4-12,14-16,23,27,33,35H,1,13H2,2-3H3. The van der Waals surface area contributed by atoms with E-state index in [1.807, 2.05) is 6.08 Å². The molecule has 5 rings (SSSR count). The number of nitrogens with zero attached hydrogens (tertiary/aromatic N) is 1. The number of hydrazine groups is 1. The van der Waals surface area contributed by atoms with Crippen LogP contribution in [0.15, 0.2) is 85.0 Å². The molecule has 1 heterocycles. The molecule has 0 bridgehead atoms. The fraction of sp³-hybridized carbons (Fsp3) is 0.200. The average Bonchev–Trinajstić information content (AvgIpc) is 3.16. The summed E-state index contributed by atoms with van der Waals surface area (Å²) in [5.41, 5.74) is 3.66. The van der Waals surface area contributed by atoms with E-state index in [2.05, 4.69) is 12.0 Å². The van der Waals surface area contributed by atoms with Crippen LogP contribution in [0.2, 0.25) is 10.0 Å². The van der Waals surface area contributed by atoms with Crippen molar-refractivity contribution < 1.29 is 24.2 Å². The quantitative estimate of drug-likeness (QED) is 0.329. The maximum Gasteiger partial charge on any atom is 0.260 e. The summed E-state index contributed by atoms with van der Waals surface area (Å²) in [5.74, 6) is -1.43. The first kappa shape index (κ1) is 26.7.